The van der Waals surface area contributed by atoms with E-state index in [1.54, 1.807) is 0 Å². The van der Waals surface area contributed by atoms with Gasteiger partial charge in [-0.15, -0.1) is 0 Å². The molecule has 1 saturated carbocycles. The monoisotopic (exact) mass is 656 g/mol. The summed E-state index contributed by atoms with van der Waals surface area (Å²) in [6, 6.07) is 1.53. The van der Waals surface area contributed by atoms with Gasteiger partial charge in [-0.3, -0.25) is 4.79 Å². The predicted molar refractivity (Wildman–Crippen MR) is 155 cm³/mol. The zero-order valence-electron chi connectivity index (χ0n) is 25.2. The molecule has 46 heavy (non-hydrogen) atoms. The molecule has 4 rings (SSSR count). The predicted octanol–water partition coefficient (Wildman–Crippen LogP) is 6.39. The number of benzene rings is 1. The number of rotatable bonds is 16. The third kappa shape index (κ3) is 9.81. The summed E-state index contributed by atoms with van der Waals surface area (Å²) >= 11 is 0. The van der Waals surface area contributed by atoms with E-state index in [4.69, 9.17) is 14.6 Å². The molecule has 0 radical (unpaired) electrons. The summed E-state index contributed by atoms with van der Waals surface area (Å²) in [5.41, 5.74) is -2.60. The Morgan fingerprint density at radius 3 is 2.15 bits per heavy atom. The Morgan fingerprint density at radius 2 is 1.61 bits per heavy atom. The van der Waals surface area contributed by atoms with Crippen LogP contribution < -0.4 is 19.3 Å². The van der Waals surface area contributed by atoms with Crippen LogP contribution in [0.1, 0.15) is 61.3 Å². The van der Waals surface area contributed by atoms with E-state index in [2.05, 4.69) is 24.8 Å². The van der Waals surface area contributed by atoms with E-state index in [9.17, 15) is 31.1 Å². The molecule has 1 aromatic carbocycles. The molecular formula is C30H34F6N6O4. The van der Waals surface area contributed by atoms with E-state index in [1.807, 2.05) is 6.92 Å². The van der Waals surface area contributed by atoms with Gasteiger partial charge in [-0.05, 0) is 55.4 Å². The maximum Gasteiger partial charge on any atom is 0.416 e. The fourth-order valence-electron chi connectivity index (χ4n) is 4.73. The number of aromatic nitrogens is 4. The highest BCUT2D eigenvalue weighted by Gasteiger charge is 2.37. The largest absolute Gasteiger partial charge is 0.490 e. The van der Waals surface area contributed by atoms with Crippen LogP contribution in [-0.4, -0.2) is 57.8 Å². The Bertz CT molecular complexity index is 1440. The zero-order valence-corrected chi connectivity index (χ0v) is 25.2. The highest BCUT2D eigenvalue weighted by atomic mass is 19.4. The summed E-state index contributed by atoms with van der Waals surface area (Å²) in [6.45, 7) is 2.96. The van der Waals surface area contributed by atoms with Crippen LogP contribution >= 0.6 is 0 Å². The number of methoxy groups -OCH3 is 1. The van der Waals surface area contributed by atoms with E-state index in [0.717, 1.165) is 19.3 Å². The number of carboxylic acid groups (broad SMARTS) is 1. The lowest BCUT2D eigenvalue weighted by Crippen LogP contribution is -2.31. The van der Waals surface area contributed by atoms with Crippen LogP contribution in [0.15, 0.2) is 36.8 Å². The van der Waals surface area contributed by atoms with Crippen molar-refractivity contribution in [1.82, 2.24) is 19.9 Å². The number of aliphatic carboxylic acids is 1. The molecule has 2 aromatic heterocycles. The summed E-state index contributed by atoms with van der Waals surface area (Å²) in [4.78, 5) is 31.6. The first-order valence-electron chi connectivity index (χ1n) is 14.6. The topological polar surface area (TPSA) is 114 Å². The van der Waals surface area contributed by atoms with Gasteiger partial charge in [-0.2, -0.15) is 31.3 Å². The normalized spacial score (nSPS) is 13.4. The maximum atomic E-state index is 13.7. The van der Waals surface area contributed by atoms with Crippen molar-refractivity contribution in [2.24, 2.45) is 5.92 Å². The molecule has 16 heteroatoms. The second kappa shape index (κ2) is 14.8. The minimum atomic E-state index is -5.02. The quantitative estimate of drug-likeness (QED) is 0.137. The van der Waals surface area contributed by atoms with Gasteiger partial charge in [-0.1, -0.05) is 6.92 Å². The molecule has 3 aromatic rings. The summed E-state index contributed by atoms with van der Waals surface area (Å²) in [7, 11) is 1.42. The Labute approximate surface area is 261 Å². The van der Waals surface area contributed by atoms with Crippen molar-refractivity contribution in [3.63, 3.8) is 0 Å². The zero-order chi connectivity index (χ0) is 33.5. The highest BCUT2D eigenvalue weighted by molar-refractivity contribution is 5.66. The Hall–Kier alpha value is -4.37. The van der Waals surface area contributed by atoms with Crippen molar-refractivity contribution < 1.29 is 45.7 Å². The number of carboxylic acids is 1. The summed E-state index contributed by atoms with van der Waals surface area (Å²) in [5, 5.41) is 8.80. The van der Waals surface area contributed by atoms with E-state index in [1.165, 1.54) is 30.6 Å². The number of nitrogens with zero attached hydrogens (tertiary/aromatic N) is 6. The van der Waals surface area contributed by atoms with Crippen molar-refractivity contribution in [2.45, 2.75) is 64.5 Å². The number of ether oxygens (including phenoxy) is 2. The van der Waals surface area contributed by atoms with Crippen LogP contribution in [0.2, 0.25) is 0 Å². The van der Waals surface area contributed by atoms with Gasteiger partial charge in [0.05, 0.1) is 43.8 Å². The molecule has 0 spiro atoms. The van der Waals surface area contributed by atoms with Gasteiger partial charge in [0.15, 0.2) is 5.75 Å². The average Bonchev–Trinajstić information content (AvgIpc) is 3.82. The number of hydrogen-bond acceptors (Lipinski definition) is 9. The van der Waals surface area contributed by atoms with Gasteiger partial charge >= 0.3 is 24.3 Å². The first kappa shape index (κ1) is 34.5. The molecule has 250 valence electrons. The van der Waals surface area contributed by atoms with Crippen molar-refractivity contribution in [2.75, 3.05) is 36.6 Å². The second-order valence-corrected chi connectivity index (χ2v) is 10.9. The number of hydrogen-bond donors (Lipinski definition) is 1. The Kier molecular flexibility index (Phi) is 11.1. The van der Waals surface area contributed by atoms with Crippen LogP contribution in [-0.2, 0) is 30.2 Å². The molecule has 0 atom stereocenters. The summed E-state index contributed by atoms with van der Waals surface area (Å²) < 4.78 is 92.7. The molecule has 1 fully saturated rings. The molecule has 2 heterocycles. The molecule has 1 N–H and O–H groups in total. The molecule has 1 aliphatic rings. The van der Waals surface area contributed by atoms with Crippen LogP contribution in [0, 0.1) is 5.92 Å². The van der Waals surface area contributed by atoms with Crippen LogP contribution in [0.4, 0.5) is 38.1 Å². The standard InChI is InChI=1S/C30H34F6N6O4/c1-3-8-41(16-19-6-7-19)26-21(13-39-28(40-26)45-2)18-42(27-37-14-24(15-38-27)46-9-4-5-25(43)44)17-20-10-22(29(31,32)33)12-23(11-20)30(34,35)36/h10-15,19H,3-9,16-18H2,1-2H3,(H,43,44). The van der Waals surface area contributed by atoms with Crippen LogP contribution in [0.25, 0.3) is 0 Å². The van der Waals surface area contributed by atoms with E-state index in [-0.39, 0.29) is 55.3 Å². The number of carbonyl (C=O) groups is 1. The lowest BCUT2D eigenvalue weighted by Gasteiger charge is -2.29. The molecule has 10 nitrogen and oxygen atoms in total. The fraction of sp³-hybridized carbons (Fsp3) is 0.500. The molecule has 0 saturated heterocycles. The minimum Gasteiger partial charge on any atom is -0.490 e. The maximum absolute atomic E-state index is 13.7. The third-order valence-corrected chi connectivity index (χ3v) is 7.05. The van der Waals surface area contributed by atoms with E-state index in [0.29, 0.717) is 42.5 Å². The van der Waals surface area contributed by atoms with Crippen molar-refractivity contribution >= 4 is 17.7 Å². The second-order valence-electron chi connectivity index (χ2n) is 10.9. The third-order valence-electron chi connectivity index (χ3n) is 7.05. The first-order valence-corrected chi connectivity index (χ1v) is 14.6. The number of anilines is 2. The lowest BCUT2D eigenvalue weighted by atomic mass is 10.0. The highest BCUT2D eigenvalue weighted by Crippen LogP contribution is 2.37. The fourth-order valence-corrected chi connectivity index (χ4v) is 4.73. The van der Waals surface area contributed by atoms with E-state index < -0.39 is 36.0 Å². The van der Waals surface area contributed by atoms with Gasteiger partial charge in [0.1, 0.15) is 5.82 Å². The molecule has 0 amide bonds. The lowest BCUT2D eigenvalue weighted by molar-refractivity contribution is -0.143. The Morgan fingerprint density at radius 1 is 0.957 bits per heavy atom. The Balaban J connectivity index is 1.72. The average molecular weight is 657 g/mol. The van der Waals surface area contributed by atoms with Gasteiger partial charge in [0.2, 0.25) is 5.95 Å². The van der Waals surface area contributed by atoms with Crippen LogP contribution in [0.5, 0.6) is 11.8 Å². The van der Waals surface area contributed by atoms with E-state index >= 15 is 0 Å². The van der Waals surface area contributed by atoms with Gasteiger partial charge in [0, 0.05) is 37.8 Å². The van der Waals surface area contributed by atoms with Gasteiger partial charge in [-0.25, -0.2) is 15.0 Å². The molecule has 0 bridgehead atoms. The number of alkyl halides is 6. The van der Waals surface area contributed by atoms with Gasteiger partial charge in [0.25, 0.3) is 0 Å². The summed E-state index contributed by atoms with van der Waals surface area (Å²) in [6.07, 6.45) is -2.87. The molecular weight excluding hydrogens is 622 g/mol. The SMILES string of the molecule is CCCN(CC1CC1)c1nc(OC)ncc1CN(Cc1cc(C(F)(F)F)cc(C(F)(F)F)c1)c1ncc(OCCCC(=O)O)cn1. The molecule has 0 unspecified atom stereocenters. The smallest absolute Gasteiger partial charge is 0.416 e. The van der Waals surface area contributed by atoms with Crippen molar-refractivity contribution in [3.05, 3.63) is 59.0 Å². The molecule has 0 aliphatic heterocycles. The minimum absolute atomic E-state index is 0.00476. The van der Waals surface area contributed by atoms with Crippen molar-refractivity contribution in [3.8, 4) is 11.8 Å². The van der Waals surface area contributed by atoms with Crippen molar-refractivity contribution in [1.29, 1.82) is 0 Å². The first-order chi connectivity index (χ1) is 21.8. The number of halogens is 6. The van der Waals surface area contributed by atoms with Gasteiger partial charge < -0.3 is 24.4 Å². The van der Waals surface area contributed by atoms with Crippen LogP contribution in [0.3, 0.4) is 0 Å². The molecule has 1 aliphatic carbocycles. The summed E-state index contributed by atoms with van der Waals surface area (Å²) in [5.74, 6) is 0.234.